The minimum Gasteiger partial charge on any atom is -0.493 e. The predicted octanol–water partition coefficient (Wildman–Crippen LogP) is 4.56. The van der Waals surface area contributed by atoms with Gasteiger partial charge < -0.3 is 19.3 Å². The van der Waals surface area contributed by atoms with Crippen molar-refractivity contribution in [3.05, 3.63) is 59.7 Å². The van der Waals surface area contributed by atoms with Crippen molar-refractivity contribution in [3.63, 3.8) is 0 Å². The van der Waals surface area contributed by atoms with Crippen molar-refractivity contribution in [2.24, 2.45) is 0 Å². The van der Waals surface area contributed by atoms with Gasteiger partial charge in [-0.15, -0.1) is 0 Å². The topological polar surface area (TPSA) is 82.1 Å². The number of rotatable bonds is 9. The van der Waals surface area contributed by atoms with Crippen molar-refractivity contribution in [1.29, 1.82) is 0 Å². The number of aliphatic carboxylic acids is 1. The molecule has 0 fully saturated rings. The quantitative estimate of drug-likeness (QED) is 0.621. The van der Waals surface area contributed by atoms with Crippen LogP contribution >= 0.6 is 0 Å². The van der Waals surface area contributed by atoms with Crippen LogP contribution in [0.3, 0.4) is 0 Å². The molecule has 6 heteroatoms. The van der Waals surface area contributed by atoms with Crippen LogP contribution in [-0.2, 0) is 20.9 Å². The van der Waals surface area contributed by atoms with E-state index in [1.165, 1.54) is 7.11 Å². The molecule has 2 aromatic rings. The summed E-state index contributed by atoms with van der Waals surface area (Å²) in [5.74, 6) is -1.30. The number of carboxylic acid groups (broad SMARTS) is 1. The molecule has 2 rings (SSSR count). The van der Waals surface area contributed by atoms with E-state index in [2.05, 4.69) is 0 Å². The molecule has 6 nitrogen and oxygen atoms in total. The molecule has 1 atom stereocenters. The van der Waals surface area contributed by atoms with Gasteiger partial charge in [0.15, 0.2) is 11.5 Å². The Bertz CT molecular complexity index is 823. The first kappa shape index (κ1) is 22.3. The molecule has 0 saturated heterocycles. The van der Waals surface area contributed by atoms with Crippen LogP contribution in [-0.4, -0.2) is 29.8 Å². The second kappa shape index (κ2) is 9.96. The Labute approximate surface area is 171 Å². The third kappa shape index (κ3) is 7.14. The Morgan fingerprint density at radius 3 is 2.31 bits per heavy atom. The number of carboxylic acids is 1. The molecule has 0 heterocycles. The molecule has 0 aliphatic rings. The molecular formula is C23H28O6. The van der Waals surface area contributed by atoms with Gasteiger partial charge in [-0.1, -0.05) is 36.4 Å². The van der Waals surface area contributed by atoms with Gasteiger partial charge in [-0.2, -0.15) is 0 Å². The zero-order chi connectivity index (χ0) is 21.4. The molecule has 2 aromatic carbocycles. The number of carbonyl (C=O) groups is 2. The number of ether oxygens (including phenoxy) is 3. The minimum atomic E-state index is -1.01. The summed E-state index contributed by atoms with van der Waals surface area (Å²) in [6.45, 7) is 5.70. The van der Waals surface area contributed by atoms with E-state index >= 15 is 0 Å². The standard InChI is InChI=1S/C23H28O6/c1-23(2,3)29-21(24)13-11-18(22(25)26)17-10-12-19(20(14-17)27-4)28-15-16-8-6-5-7-9-16/h5-10,12,14,18H,11,13,15H2,1-4H3,(H,25,26)/t18-/m0/s1. The molecule has 0 aromatic heterocycles. The Balaban J connectivity index is 2.09. The average molecular weight is 400 g/mol. The first-order chi connectivity index (χ1) is 13.7. The zero-order valence-electron chi connectivity index (χ0n) is 17.3. The number of methoxy groups -OCH3 is 1. The van der Waals surface area contributed by atoms with Gasteiger partial charge in [-0.05, 0) is 50.5 Å². The average Bonchev–Trinajstić information content (AvgIpc) is 2.66. The largest absolute Gasteiger partial charge is 0.493 e. The predicted molar refractivity (Wildman–Crippen MR) is 109 cm³/mol. The molecule has 1 N–H and O–H groups in total. The summed E-state index contributed by atoms with van der Waals surface area (Å²) in [5.41, 5.74) is 0.959. The van der Waals surface area contributed by atoms with E-state index in [4.69, 9.17) is 14.2 Å². The summed E-state index contributed by atoms with van der Waals surface area (Å²) in [6, 6.07) is 14.7. The molecular weight excluding hydrogens is 372 g/mol. The Morgan fingerprint density at radius 1 is 1.03 bits per heavy atom. The minimum absolute atomic E-state index is 0.0167. The third-order valence-electron chi connectivity index (χ3n) is 4.18. The number of hydrogen-bond acceptors (Lipinski definition) is 5. The third-order valence-corrected chi connectivity index (χ3v) is 4.18. The van der Waals surface area contributed by atoms with E-state index in [9.17, 15) is 14.7 Å². The Hall–Kier alpha value is -3.02. The fourth-order valence-electron chi connectivity index (χ4n) is 2.84. The number of benzene rings is 2. The van der Waals surface area contributed by atoms with E-state index < -0.39 is 23.5 Å². The summed E-state index contributed by atoms with van der Waals surface area (Å²) in [6.07, 6.45) is 0.153. The van der Waals surface area contributed by atoms with Crippen molar-refractivity contribution in [2.45, 2.75) is 51.7 Å². The summed E-state index contributed by atoms with van der Waals surface area (Å²) in [4.78, 5) is 23.7. The van der Waals surface area contributed by atoms with Crippen LogP contribution in [0.1, 0.15) is 50.7 Å². The van der Waals surface area contributed by atoms with Gasteiger partial charge in [0.25, 0.3) is 0 Å². The lowest BCUT2D eigenvalue weighted by atomic mass is 9.94. The molecule has 0 saturated carbocycles. The van der Waals surface area contributed by atoms with Crippen LogP contribution in [0.15, 0.2) is 48.5 Å². The van der Waals surface area contributed by atoms with E-state index in [-0.39, 0.29) is 12.8 Å². The first-order valence-electron chi connectivity index (χ1n) is 9.49. The van der Waals surface area contributed by atoms with E-state index in [1.807, 2.05) is 30.3 Å². The summed E-state index contributed by atoms with van der Waals surface area (Å²) < 4.78 is 16.5. The lowest BCUT2D eigenvalue weighted by Gasteiger charge is -2.20. The zero-order valence-corrected chi connectivity index (χ0v) is 17.3. The second-order valence-corrected chi connectivity index (χ2v) is 7.70. The fraction of sp³-hybridized carbons (Fsp3) is 0.391. The summed E-state index contributed by atoms with van der Waals surface area (Å²) in [7, 11) is 1.50. The van der Waals surface area contributed by atoms with Crippen molar-refractivity contribution < 1.29 is 28.9 Å². The van der Waals surface area contributed by atoms with Gasteiger partial charge in [0.05, 0.1) is 13.0 Å². The molecule has 0 unspecified atom stereocenters. The fourth-order valence-corrected chi connectivity index (χ4v) is 2.84. The highest BCUT2D eigenvalue weighted by Gasteiger charge is 2.24. The van der Waals surface area contributed by atoms with Crippen LogP contribution < -0.4 is 9.47 Å². The van der Waals surface area contributed by atoms with Crippen LogP contribution in [0.4, 0.5) is 0 Å². The molecule has 0 aliphatic carbocycles. The maximum atomic E-state index is 12.0. The molecule has 0 bridgehead atoms. The Kier molecular flexibility index (Phi) is 7.65. The van der Waals surface area contributed by atoms with Gasteiger partial charge in [0.1, 0.15) is 12.2 Å². The second-order valence-electron chi connectivity index (χ2n) is 7.70. The van der Waals surface area contributed by atoms with Crippen molar-refractivity contribution >= 4 is 11.9 Å². The molecule has 0 radical (unpaired) electrons. The number of esters is 1. The maximum Gasteiger partial charge on any atom is 0.310 e. The van der Waals surface area contributed by atoms with Crippen LogP contribution in [0.25, 0.3) is 0 Å². The van der Waals surface area contributed by atoms with E-state index in [0.717, 1.165) is 5.56 Å². The highest BCUT2D eigenvalue weighted by Crippen LogP contribution is 2.33. The lowest BCUT2D eigenvalue weighted by Crippen LogP contribution is -2.24. The molecule has 0 aliphatic heterocycles. The van der Waals surface area contributed by atoms with Crippen molar-refractivity contribution in [2.75, 3.05) is 7.11 Å². The van der Waals surface area contributed by atoms with Gasteiger partial charge in [-0.25, -0.2) is 0 Å². The van der Waals surface area contributed by atoms with E-state index in [1.54, 1.807) is 39.0 Å². The summed E-state index contributed by atoms with van der Waals surface area (Å²) in [5, 5.41) is 9.63. The number of carbonyl (C=O) groups excluding carboxylic acids is 1. The maximum absolute atomic E-state index is 12.0. The monoisotopic (exact) mass is 400 g/mol. The first-order valence-corrected chi connectivity index (χ1v) is 9.49. The molecule has 0 spiro atoms. The van der Waals surface area contributed by atoms with Crippen LogP contribution in [0.5, 0.6) is 11.5 Å². The SMILES string of the molecule is COc1cc([C@H](CCC(=O)OC(C)(C)C)C(=O)O)ccc1OCc1ccccc1. The Morgan fingerprint density at radius 2 is 1.72 bits per heavy atom. The highest BCUT2D eigenvalue weighted by atomic mass is 16.6. The molecule has 156 valence electrons. The molecule has 0 amide bonds. The van der Waals surface area contributed by atoms with Crippen LogP contribution in [0.2, 0.25) is 0 Å². The van der Waals surface area contributed by atoms with E-state index in [0.29, 0.717) is 23.7 Å². The lowest BCUT2D eigenvalue weighted by molar-refractivity contribution is -0.155. The van der Waals surface area contributed by atoms with Gasteiger partial charge >= 0.3 is 11.9 Å². The number of hydrogen-bond donors (Lipinski definition) is 1. The van der Waals surface area contributed by atoms with Gasteiger partial charge in [0.2, 0.25) is 0 Å². The highest BCUT2D eigenvalue weighted by molar-refractivity contribution is 5.78. The van der Waals surface area contributed by atoms with Crippen molar-refractivity contribution in [1.82, 2.24) is 0 Å². The normalized spacial score (nSPS) is 12.1. The van der Waals surface area contributed by atoms with Crippen molar-refractivity contribution in [3.8, 4) is 11.5 Å². The van der Waals surface area contributed by atoms with Gasteiger partial charge in [0, 0.05) is 6.42 Å². The smallest absolute Gasteiger partial charge is 0.310 e. The van der Waals surface area contributed by atoms with Gasteiger partial charge in [-0.3, -0.25) is 9.59 Å². The summed E-state index contributed by atoms with van der Waals surface area (Å²) >= 11 is 0. The molecule has 29 heavy (non-hydrogen) atoms. The van der Waals surface area contributed by atoms with Crippen LogP contribution in [0, 0.1) is 0 Å².